The largest absolute Gasteiger partial charge is 0.444 e. The van der Waals surface area contributed by atoms with Gasteiger partial charge < -0.3 is 9.94 Å². The molecule has 1 aliphatic carbocycles. The fraction of sp³-hybridized carbons (Fsp3) is 0.263. The molecular formula is C19H17ClFNO3. The molecule has 3 rings (SSSR count). The highest BCUT2D eigenvalue weighted by atomic mass is 35.5. The van der Waals surface area contributed by atoms with Crippen LogP contribution in [0.15, 0.2) is 41.6 Å². The van der Waals surface area contributed by atoms with Crippen LogP contribution < -0.4 is 0 Å². The molecule has 1 unspecified atom stereocenters. The zero-order valence-electron chi connectivity index (χ0n) is 13.6. The van der Waals surface area contributed by atoms with Crippen LogP contribution in [0.2, 0.25) is 5.02 Å². The molecule has 4 nitrogen and oxygen atoms in total. The Labute approximate surface area is 149 Å². The van der Waals surface area contributed by atoms with Crippen LogP contribution in [0.3, 0.4) is 0 Å². The van der Waals surface area contributed by atoms with Crippen molar-refractivity contribution < 1.29 is 19.1 Å². The number of hydrogen-bond donors (Lipinski definition) is 1. The van der Waals surface area contributed by atoms with E-state index in [1.54, 1.807) is 31.2 Å². The lowest BCUT2D eigenvalue weighted by Crippen LogP contribution is -2.38. The molecule has 0 spiro atoms. The summed E-state index contributed by atoms with van der Waals surface area (Å²) in [5.74, 6) is -1.08. The van der Waals surface area contributed by atoms with Crippen molar-refractivity contribution in [3.05, 3.63) is 69.5 Å². The van der Waals surface area contributed by atoms with Crippen LogP contribution in [0.5, 0.6) is 0 Å². The fourth-order valence-corrected chi connectivity index (χ4v) is 3.46. The first-order valence-electron chi connectivity index (χ1n) is 7.93. The Balaban J connectivity index is 2.07. The lowest BCUT2D eigenvalue weighted by Gasteiger charge is -2.35. The van der Waals surface area contributed by atoms with Gasteiger partial charge in [0, 0.05) is 5.56 Å². The van der Waals surface area contributed by atoms with Crippen molar-refractivity contribution >= 4 is 23.8 Å². The van der Waals surface area contributed by atoms with E-state index in [0.29, 0.717) is 36.0 Å². The van der Waals surface area contributed by atoms with Gasteiger partial charge in [0.2, 0.25) is 0 Å². The van der Waals surface area contributed by atoms with Crippen LogP contribution in [0.1, 0.15) is 39.9 Å². The molecule has 0 amide bonds. The SMILES string of the molecule is Cc1ccccc1C(=O)OC1(C=NO)CCCc2c1ccc(Cl)c2F. The molecule has 0 aliphatic heterocycles. The number of carbonyl (C=O) groups is 1. The van der Waals surface area contributed by atoms with Gasteiger partial charge in [-0.05, 0) is 49.4 Å². The molecule has 0 radical (unpaired) electrons. The Bertz CT molecular complexity index is 853. The number of oxime groups is 1. The van der Waals surface area contributed by atoms with Gasteiger partial charge in [-0.1, -0.05) is 41.0 Å². The quantitative estimate of drug-likeness (QED) is 0.375. The number of aryl methyl sites for hydroxylation is 1. The highest BCUT2D eigenvalue weighted by Gasteiger charge is 2.41. The maximum atomic E-state index is 14.4. The maximum Gasteiger partial charge on any atom is 0.339 e. The van der Waals surface area contributed by atoms with E-state index in [4.69, 9.17) is 21.5 Å². The number of halogens is 2. The standard InChI is InChI=1S/C19H17ClFNO3/c1-12-5-2-3-6-13(12)18(23)25-19(11-22-24)10-4-7-14-15(19)8-9-16(20)17(14)21/h2-3,5-6,8-9,11,24H,4,7,10H2,1H3. The summed E-state index contributed by atoms with van der Waals surface area (Å²) in [4.78, 5) is 12.7. The van der Waals surface area contributed by atoms with Crippen molar-refractivity contribution in [3.63, 3.8) is 0 Å². The second kappa shape index (κ2) is 6.84. The Kier molecular flexibility index (Phi) is 4.77. The van der Waals surface area contributed by atoms with Crippen molar-refractivity contribution in [2.24, 2.45) is 5.16 Å². The van der Waals surface area contributed by atoms with E-state index in [9.17, 15) is 9.18 Å². The van der Waals surface area contributed by atoms with E-state index in [1.165, 1.54) is 6.07 Å². The second-order valence-electron chi connectivity index (χ2n) is 6.08. The van der Waals surface area contributed by atoms with E-state index in [2.05, 4.69) is 5.16 Å². The normalized spacial score (nSPS) is 19.6. The van der Waals surface area contributed by atoms with Crippen molar-refractivity contribution in [1.29, 1.82) is 0 Å². The Hall–Kier alpha value is -2.40. The lowest BCUT2D eigenvalue weighted by molar-refractivity contribution is 0.00446. The number of benzene rings is 2. The van der Waals surface area contributed by atoms with Gasteiger partial charge in [-0.15, -0.1) is 0 Å². The third-order valence-corrected chi connectivity index (χ3v) is 4.82. The molecule has 0 fully saturated rings. The first-order valence-corrected chi connectivity index (χ1v) is 8.31. The molecule has 2 aromatic rings. The Morgan fingerprint density at radius 3 is 2.84 bits per heavy atom. The molecule has 0 heterocycles. The monoisotopic (exact) mass is 361 g/mol. The van der Waals surface area contributed by atoms with Gasteiger partial charge in [-0.3, -0.25) is 0 Å². The molecule has 1 aliphatic rings. The van der Waals surface area contributed by atoms with Crippen LogP contribution in [-0.4, -0.2) is 17.4 Å². The molecule has 0 saturated carbocycles. The third-order valence-electron chi connectivity index (χ3n) is 4.53. The molecule has 25 heavy (non-hydrogen) atoms. The summed E-state index contributed by atoms with van der Waals surface area (Å²) in [6, 6.07) is 10.1. The fourth-order valence-electron chi connectivity index (χ4n) is 3.28. The van der Waals surface area contributed by atoms with E-state index in [-0.39, 0.29) is 5.02 Å². The number of hydrogen-bond acceptors (Lipinski definition) is 4. The predicted molar refractivity (Wildman–Crippen MR) is 92.9 cm³/mol. The van der Waals surface area contributed by atoms with Crippen molar-refractivity contribution in [2.75, 3.05) is 0 Å². The first kappa shape index (κ1) is 17.4. The molecule has 0 aromatic heterocycles. The molecule has 130 valence electrons. The number of fused-ring (bicyclic) bond motifs is 1. The lowest BCUT2D eigenvalue weighted by atomic mass is 9.79. The van der Waals surface area contributed by atoms with Crippen molar-refractivity contribution in [3.8, 4) is 0 Å². The van der Waals surface area contributed by atoms with Crippen LogP contribution in [-0.2, 0) is 16.8 Å². The van der Waals surface area contributed by atoms with E-state index in [1.807, 2.05) is 6.07 Å². The summed E-state index contributed by atoms with van der Waals surface area (Å²) >= 11 is 5.87. The van der Waals surface area contributed by atoms with Crippen LogP contribution in [0.4, 0.5) is 4.39 Å². The molecule has 0 saturated heterocycles. The van der Waals surface area contributed by atoms with Crippen LogP contribution in [0, 0.1) is 12.7 Å². The minimum absolute atomic E-state index is 0.0146. The average molecular weight is 362 g/mol. The summed E-state index contributed by atoms with van der Waals surface area (Å²) in [6.07, 6.45) is 2.58. The second-order valence-corrected chi connectivity index (χ2v) is 6.49. The number of ether oxygens (including phenoxy) is 1. The minimum Gasteiger partial charge on any atom is -0.444 e. The average Bonchev–Trinajstić information content (AvgIpc) is 2.59. The molecule has 0 bridgehead atoms. The zero-order valence-corrected chi connectivity index (χ0v) is 14.4. The predicted octanol–water partition coefficient (Wildman–Crippen LogP) is 4.64. The van der Waals surface area contributed by atoms with E-state index < -0.39 is 17.4 Å². The Morgan fingerprint density at radius 2 is 2.12 bits per heavy atom. The zero-order chi connectivity index (χ0) is 18.0. The number of carbonyl (C=O) groups excluding carboxylic acids is 1. The first-order chi connectivity index (χ1) is 12.0. The Morgan fingerprint density at radius 1 is 1.36 bits per heavy atom. The summed E-state index contributed by atoms with van der Waals surface area (Å²) in [5, 5.41) is 12.2. The topological polar surface area (TPSA) is 58.9 Å². The molecule has 1 N–H and O–H groups in total. The summed E-state index contributed by atoms with van der Waals surface area (Å²) in [6.45, 7) is 1.80. The van der Waals surface area contributed by atoms with Crippen molar-refractivity contribution in [1.82, 2.24) is 0 Å². The highest BCUT2D eigenvalue weighted by Crippen LogP contribution is 2.40. The highest BCUT2D eigenvalue weighted by molar-refractivity contribution is 6.30. The third kappa shape index (κ3) is 3.12. The molecular weight excluding hydrogens is 345 g/mol. The van der Waals surface area contributed by atoms with Gasteiger partial charge in [0.1, 0.15) is 5.82 Å². The summed E-state index contributed by atoms with van der Waals surface area (Å²) < 4.78 is 20.2. The van der Waals surface area contributed by atoms with Gasteiger partial charge in [-0.2, -0.15) is 0 Å². The minimum atomic E-state index is -1.33. The van der Waals surface area contributed by atoms with Gasteiger partial charge >= 0.3 is 5.97 Å². The summed E-state index contributed by atoms with van der Waals surface area (Å²) in [7, 11) is 0. The van der Waals surface area contributed by atoms with E-state index >= 15 is 0 Å². The van der Waals surface area contributed by atoms with Crippen molar-refractivity contribution in [2.45, 2.75) is 31.8 Å². The van der Waals surface area contributed by atoms with Gasteiger partial charge in [-0.25, -0.2) is 9.18 Å². The number of esters is 1. The molecule has 1 atom stereocenters. The van der Waals surface area contributed by atoms with Gasteiger partial charge in [0.15, 0.2) is 5.60 Å². The smallest absolute Gasteiger partial charge is 0.339 e. The number of nitrogens with zero attached hydrogens (tertiary/aromatic N) is 1. The van der Waals surface area contributed by atoms with E-state index in [0.717, 1.165) is 11.8 Å². The van der Waals surface area contributed by atoms with Crippen LogP contribution >= 0.6 is 11.6 Å². The van der Waals surface area contributed by atoms with Gasteiger partial charge in [0.05, 0.1) is 16.8 Å². The summed E-state index contributed by atoms with van der Waals surface area (Å²) in [5.41, 5.74) is 0.695. The van der Waals surface area contributed by atoms with Gasteiger partial charge in [0.25, 0.3) is 0 Å². The molecule has 6 heteroatoms. The van der Waals surface area contributed by atoms with Crippen LogP contribution in [0.25, 0.3) is 0 Å². The maximum absolute atomic E-state index is 14.4. The number of rotatable bonds is 3. The molecule has 2 aromatic carbocycles.